The number of nitrogens with one attached hydrogen (secondary N) is 1. The number of nitrogens with two attached hydrogens (primary N) is 1. The first kappa shape index (κ1) is 15.6. The zero-order valence-electron chi connectivity index (χ0n) is 11.5. The van der Waals surface area contributed by atoms with Crippen LogP contribution < -0.4 is 10.5 Å². The second kappa shape index (κ2) is 6.30. The number of likely N-dealkylation sites (tertiary alicyclic amines) is 1. The topological polar surface area (TPSA) is 75.4 Å². The molecule has 0 bridgehead atoms. The van der Waals surface area contributed by atoms with E-state index in [1.165, 1.54) is 18.2 Å². The van der Waals surface area contributed by atoms with Crippen LogP contribution in [0.3, 0.4) is 0 Å². The van der Waals surface area contributed by atoms with Crippen molar-refractivity contribution in [2.45, 2.75) is 30.7 Å². The molecule has 7 heteroatoms. The molecule has 112 valence electrons. The molecule has 1 unspecified atom stereocenters. The Balaban J connectivity index is 2.07. The van der Waals surface area contributed by atoms with Crippen molar-refractivity contribution in [2.24, 2.45) is 0 Å². The van der Waals surface area contributed by atoms with E-state index in [-0.39, 0.29) is 16.0 Å². The molecule has 20 heavy (non-hydrogen) atoms. The van der Waals surface area contributed by atoms with Gasteiger partial charge in [-0.25, -0.2) is 13.1 Å². The Kier molecular flexibility index (Phi) is 4.90. The van der Waals surface area contributed by atoms with Crippen molar-refractivity contribution in [3.63, 3.8) is 0 Å². The molecule has 0 amide bonds. The summed E-state index contributed by atoms with van der Waals surface area (Å²) in [5.41, 5.74) is 6.02. The van der Waals surface area contributed by atoms with Gasteiger partial charge in [-0.1, -0.05) is 18.5 Å². The van der Waals surface area contributed by atoms with Crippen molar-refractivity contribution in [2.75, 3.05) is 25.4 Å². The molecule has 0 aliphatic carbocycles. The number of nitrogens with zero attached hydrogens (tertiary/aromatic N) is 1. The van der Waals surface area contributed by atoms with E-state index in [2.05, 4.69) is 16.5 Å². The molecule has 1 atom stereocenters. The molecule has 3 N–H and O–H groups in total. The van der Waals surface area contributed by atoms with Gasteiger partial charge in [-0.15, -0.1) is 0 Å². The van der Waals surface area contributed by atoms with Crippen molar-refractivity contribution in [3.05, 3.63) is 23.2 Å². The van der Waals surface area contributed by atoms with Gasteiger partial charge < -0.3 is 5.73 Å². The molecule has 1 aliphatic heterocycles. The monoisotopic (exact) mass is 317 g/mol. The summed E-state index contributed by atoms with van der Waals surface area (Å²) in [6.45, 7) is 4.47. The van der Waals surface area contributed by atoms with Crippen LogP contribution in [0.4, 0.5) is 5.69 Å². The van der Waals surface area contributed by atoms with Crippen LogP contribution in [0.15, 0.2) is 23.1 Å². The Morgan fingerprint density at radius 3 is 2.90 bits per heavy atom. The Bertz CT molecular complexity index is 577. The maximum atomic E-state index is 12.3. The SMILES string of the molecule is CCN1CCCC1CNS(=O)(=O)c1ccc(N)cc1Cl. The lowest BCUT2D eigenvalue weighted by atomic mass is 10.2. The van der Waals surface area contributed by atoms with Gasteiger partial charge in [0.25, 0.3) is 0 Å². The van der Waals surface area contributed by atoms with Crippen molar-refractivity contribution < 1.29 is 8.42 Å². The van der Waals surface area contributed by atoms with Gasteiger partial charge in [0.2, 0.25) is 10.0 Å². The number of sulfonamides is 1. The van der Waals surface area contributed by atoms with Crippen molar-refractivity contribution in [3.8, 4) is 0 Å². The van der Waals surface area contributed by atoms with Crippen LogP contribution in [0.1, 0.15) is 19.8 Å². The standard InChI is InChI=1S/C13H20ClN3O2S/c1-2-17-7-3-4-11(17)9-16-20(18,19)13-6-5-10(15)8-12(13)14/h5-6,8,11,16H,2-4,7,9,15H2,1H3. The van der Waals surface area contributed by atoms with Gasteiger partial charge in [0.15, 0.2) is 0 Å². The first-order chi connectivity index (χ1) is 9.44. The smallest absolute Gasteiger partial charge is 0.242 e. The van der Waals surface area contributed by atoms with Gasteiger partial charge in [0.1, 0.15) is 4.90 Å². The maximum Gasteiger partial charge on any atom is 0.242 e. The third-order valence-corrected chi connectivity index (χ3v) is 5.57. The highest BCUT2D eigenvalue weighted by molar-refractivity contribution is 7.89. The van der Waals surface area contributed by atoms with Crippen LogP contribution in [-0.4, -0.2) is 39.0 Å². The minimum atomic E-state index is -3.59. The summed E-state index contributed by atoms with van der Waals surface area (Å²) in [5, 5.41) is 0.149. The first-order valence-electron chi connectivity index (χ1n) is 6.73. The maximum absolute atomic E-state index is 12.3. The first-order valence-corrected chi connectivity index (χ1v) is 8.59. The summed E-state index contributed by atoms with van der Waals surface area (Å²) in [6.07, 6.45) is 2.13. The highest BCUT2D eigenvalue weighted by Crippen LogP contribution is 2.24. The van der Waals surface area contributed by atoms with E-state index in [0.717, 1.165) is 25.9 Å². The minimum Gasteiger partial charge on any atom is -0.399 e. The Morgan fingerprint density at radius 1 is 1.50 bits per heavy atom. The van der Waals surface area contributed by atoms with Gasteiger partial charge in [-0.3, -0.25) is 4.90 Å². The summed E-state index contributed by atoms with van der Waals surface area (Å²) < 4.78 is 27.2. The van der Waals surface area contributed by atoms with E-state index in [9.17, 15) is 8.42 Å². The summed E-state index contributed by atoms with van der Waals surface area (Å²) in [7, 11) is -3.59. The molecular formula is C13H20ClN3O2S. The number of benzene rings is 1. The molecule has 1 saturated heterocycles. The molecule has 1 fully saturated rings. The molecule has 5 nitrogen and oxygen atoms in total. The summed E-state index contributed by atoms with van der Waals surface area (Å²) in [6, 6.07) is 4.69. The zero-order valence-corrected chi connectivity index (χ0v) is 13.0. The van der Waals surface area contributed by atoms with E-state index in [1.54, 1.807) is 0 Å². The lowest BCUT2D eigenvalue weighted by Crippen LogP contribution is -2.40. The van der Waals surface area contributed by atoms with Gasteiger partial charge in [-0.05, 0) is 44.1 Å². The largest absolute Gasteiger partial charge is 0.399 e. The minimum absolute atomic E-state index is 0.0782. The van der Waals surface area contributed by atoms with Crippen LogP contribution in [0.2, 0.25) is 5.02 Å². The second-order valence-corrected chi connectivity index (χ2v) is 7.11. The van der Waals surface area contributed by atoms with Crippen molar-refractivity contribution in [1.82, 2.24) is 9.62 Å². The number of hydrogen-bond donors (Lipinski definition) is 2. The zero-order chi connectivity index (χ0) is 14.8. The van der Waals surface area contributed by atoms with E-state index in [1.807, 2.05) is 0 Å². The fourth-order valence-corrected chi connectivity index (χ4v) is 4.19. The number of halogens is 1. The van der Waals surface area contributed by atoms with Crippen LogP contribution in [0.5, 0.6) is 0 Å². The van der Waals surface area contributed by atoms with Gasteiger partial charge in [0.05, 0.1) is 5.02 Å². The number of anilines is 1. The summed E-state index contributed by atoms with van der Waals surface area (Å²) >= 11 is 5.96. The quantitative estimate of drug-likeness (QED) is 0.810. The molecule has 0 aromatic heterocycles. The summed E-state index contributed by atoms with van der Waals surface area (Å²) in [4.78, 5) is 2.36. The predicted octanol–water partition coefficient (Wildman–Crippen LogP) is 1.68. The van der Waals surface area contributed by atoms with Crippen LogP contribution in [-0.2, 0) is 10.0 Å². The summed E-state index contributed by atoms with van der Waals surface area (Å²) in [5.74, 6) is 0. The van der Waals surface area contributed by atoms with E-state index < -0.39 is 10.0 Å². The highest BCUT2D eigenvalue weighted by atomic mass is 35.5. The number of likely N-dealkylation sites (N-methyl/N-ethyl adjacent to an activating group) is 1. The molecule has 1 aliphatic rings. The average molecular weight is 318 g/mol. The fourth-order valence-electron chi connectivity index (χ4n) is 2.56. The number of rotatable bonds is 5. The fraction of sp³-hybridized carbons (Fsp3) is 0.538. The van der Waals surface area contributed by atoms with Gasteiger partial charge in [-0.2, -0.15) is 0 Å². The number of nitrogen functional groups attached to an aromatic ring is 1. The lowest BCUT2D eigenvalue weighted by molar-refractivity contribution is 0.268. The molecular weight excluding hydrogens is 298 g/mol. The predicted molar refractivity (Wildman–Crippen MR) is 81.3 cm³/mol. The second-order valence-electron chi connectivity index (χ2n) is 4.97. The Labute approximate surface area is 125 Å². The van der Waals surface area contributed by atoms with Crippen molar-refractivity contribution in [1.29, 1.82) is 0 Å². The average Bonchev–Trinajstić information content (AvgIpc) is 2.83. The van der Waals surface area contributed by atoms with E-state index in [0.29, 0.717) is 12.2 Å². The molecule has 0 saturated carbocycles. The Hall–Kier alpha value is -0.820. The molecule has 0 radical (unpaired) electrons. The third kappa shape index (κ3) is 3.44. The molecule has 1 heterocycles. The van der Waals surface area contributed by atoms with Crippen molar-refractivity contribution >= 4 is 27.3 Å². The Morgan fingerprint density at radius 2 is 2.25 bits per heavy atom. The lowest BCUT2D eigenvalue weighted by Gasteiger charge is -2.23. The van der Waals surface area contributed by atoms with Crippen LogP contribution in [0, 0.1) is 0 Å². The van der Waals surface area contributed by atoms with E-state index >= 15 is 0 Å². The highest BCUT2D eigenvalue weighted by Gasteiger charge is 2.25. The van der Waals surface area contributed by atoms with Gasteiger partial charge in [0, 0.05) is 18.3 Å². The normalized spacial score (nSPS) is 20.4. The molecule has 1 aromatic carbocycles. The van der Waals surface area contributed by atoms with E-state index in [4.69, 9.17) is 17.3 Å². The number of hydrogen-bond acceptors (Lipinski definition) is 4. The van der Waals surface area contributed by atoms with Gasteiger partial charge >= 0.3 is 0 Å². The molecule has 2 rings (SSSR count). The van der Waals surface area contributed by atoms with Crippen LogP contribution >= 0.6 is 11.6 Å². The molecule has 1 aromatic rings. The van der Waals surface area contributed by atoms with Crippen LogP contribution in [0.25, 0.3) is 0 Å². The molecule has 0 spiro atoms. The third-order valence-electron chi connectivity index (χ3n) is 3.66.